The molecule has 1 nitrogen and oxygen atoms in total. The first kappa shape index (κ1) is 14.3. The fraction of sp³-hybridized carbons (Fsp3) is 0.467. The predicted octanol–water partition coefficient (Wildman–Crippen LogP) is 4.24. The Balaban J connectivity index is 2.47. The van der Waals surface area contributed by atoms with Crippen LogP contribution in [0.4, 0.5) is 0 Å². The molecular weight excluding hydrogens is 226 g/mol. The van der Waals surface area contributed by atoms with Crippen molar-refractivity contribution in [2.45, 2.75) is 44.7 Å². The smallest absolute Gasteiger partial charge is 0.0210 e. The highest BCUT2D eigenvalue weighted by Crippen LogP contribution is 2.20. The predicted molar refractivity (Wildman–Crippen MR) is 78.6 cm³/mol. The molecule has 1 rings (SSSR count). The highest BCUT2D eigenvalue weighted by molar-refractivity contribution is 7.99. The average Bonchev–Trinajstić information content (AvgIpc) is 2.24. The summed E-state index contributed by atoms with van der Waals surface area (Å²) in [5.41, 5.74) is 2.72. The van der Waals surface area contributed by atoms with E-state index in [9.17, 15) is 0 Å². The standard InChI is InChI=1S/C15H23NS/c1-12(2)11-17-14-8-6-13(7-9-14)10-16-15(3,4)5/h6-9,16H,1,10-11H2,2-5H3. The van der Waals surface area contributed by atoms with Crippen LogP contribution in [-0.2, 0) is 6.54 Å². The van der Waals surface area contributed by atoms with Crippen molar-refractivity contribution in [2.24, 2.45) is 0 Å². The summed E-state index contributed by atoms with van der Waals surface area (Å²) in [6.45, 7) is 13.5. The molecule has 0 unspecified atom stereocenters. The second kappa shape index (κ2) is 6.27. The average molecular weight is 249 g/mol. The molecular formula is C15H23NS. The van der Waals surface area contributed by atoms with Crippen molar-refractivity contribution in [1.29, 1.82) is 0 Å². The van der Waals surface area contributed by atoms with Gasteiger partial charge < -0.3 is 5.32 Å². The quantitative estimate of drug-likeness (QED) is 0.618. The molecule has 0 fully saturated rings. The molecule has 0 saturated carbocycles. The maximum absolute atomic E-state index is 3.91. The van der Waals surface area contributed by atoms with Gasteiger partial charge in [0.25, 0.3) is 0 Å². The molecule has 0 aliphatic carbocycles. The number of thioether (sulfide) groups is 1. The molecule has 1 aromatic carbocycles. The SMILES string of the molecule is C=C(C)CSc1ccc(CNC(C)(C)C)cc1. The third-order valence-electron chi connectivity index (χ3n) is 2.23. The summed E-state index contributed by atoms with van der Waals surface area (Å²) < 4.78 is 0. The van der Waals surface area contributed by atoms with E-state index in [1.165, 1.54) is 16.0 Å². The van der Waals surface area contributed by atoms with Gasteiger partial charge in [-0.2, -0.15) is 0 Å². The Morgan fingerprint density at radius 1 is 1.24 bits per heavy atom. The van der Waals surface area contributed by atoms with Crippen molar-refractivity contribution in [3.05, 3.63) is 42.0 Å². The number of hydrogen-bond donors (Lipinski definition) is 1. The van der Waals surface area contributed by atoms with Gasteiger partial charge in [0.15, 0.2) is 0 Å². The topological polar surface area (TPSA) is 12.0 Å². The van der Waals surface area contributed by atoms with Crippen LogP contribution in [0.2, 0.25) is 0 Å². The molecule has 0 radical (unpaired) electrons. The van der Waals surface area contributed by atoms with Gasteiger partial charge in [-0.3, -0.25) is 0 Å². The van der Waals surface area contributed by atoms with E-state index in [1.54, 1.807) is 0 Å². The van der Waals surface area contributed by atoms with Gasteiger partial charge in [0.1, 0.15) is 0 Å². The van der Waals surface area contributed by atoms with Crippen LogP contribution in [0.1, 0.15) is 33.3 Å². The molecule has 1 aromatic rings. The lowest BCUT2D eigenvalue weighted by atomic mass is 10.1. The molecule has 0 aliphatic heterocycles. The molecule has 0 saturated heterocycles. The minimum absolute atomic E-state index is 0.174. The van der Waals surface area contributed by atoms with E-state index in [2.05, 4.69) is 63.9 Å². The van der Waals surface area contributed by atoms with Crippen molar-refractivity contribution in [3.63, 3.8) is 0 Å². The van der Waals surface area contributed by atoms with Gasteiger partial charge >= 0.3 is 0 Å². The zero-order chi connectivity index (χ0) is 12.9. The highest BCUT2D eigenvalue weighted by atomic mass is 32.2. The third-order valence-corrected chi connectivity index (χ3v) is 3.47. The van der Waals surface area contributed by atoms with E-state index in [-0.39, 0.29) is 5.54 Å². The molecule has 0 atom stereocenters. The lowest BCUT2D eigenvalue weighted by Crippen LogP contribution is -2.35. The maximum atomic E-state index is 3.91. The van der Waals surface area contributed by atoms with Crippen LogP contribution < -0.4 is 5.32 Å². The zero-order valence-corrected chi connectivity index (χ0v) is 12.2. The van der Waals surface area contributed by atoms with Crippen LogP contribution in [0, 0.1) is 0 Å². The Labute approximate surface area is 110 Å². The van der Waals surface area contributed by atoms with Gasteiger partial charge in [-0.1, -0.05) is 24.3 Å². The van der Waals surface area contributed by atoms with Gasteiger partial charge in [0.05, 0.1) is 0 Å². The Kier molecular flexibility index (Phi) is 5.29. The summed E-state index contributed by atoms with van der Waals surface area (Å²) in [4.78, 5) is 1.31. The van der Waals surface area contributed by atoms with Gasteiger partial charge in [0, 0.05) is 22.7 Å². The largest absolute Gasteiger partial charge is 0.308 e. The fourth-order valence-electron chi connectivity index (χ4n) is 1.28. The lowest BCUT2D eigenvalue weighted by molar-refractivity contribution is 0.424. The van der Waals surface area contributed by atoms with Crippen molar-refractivity contribution in [2.75, 3.05) is 5.75 Å². The molecule has 0 bridgehead atoms. The second-order valence-electron chi connectivity index (χ2n) is 5.49. The Morgan fingerprint density at radius 2 is 1.82 bits per heavy atom. The van der Waals surface area contributed by atoms with E-state index < -0.39 is 0 Å². The van der Waals surface area contributed by atoms with Crippen molar-refractivity contribution < 1.29 is 0 Å². The first-order chi connectivity index (χ1) is 7.87. The monoisotopic (exact) mass is 249 g/mol. The lowest BCUT2D eigenvalue weighted by Gasteiger charge is -2.20. The minimum Gasteiger partial charge on any atom is -0.308 e. The van der Waals surface area contributed by atoms with Crippen molar-refractivity contribution in [1.82, 2.24) is 5.32 Å². The van der Waals surface area contributed by atoms with Crippen LogP contribution in [0.25, 0.3) is 0 Å². The first-order valence-electron chi connectivity index (χ1n) is 5.98. The highest BCUT2D eigenvalue weighted by Gasteiger charge is 2.07. The number of benzene rings is 1. The summed E-state index contributed by atoms with van der Waals surface area (Å²) in [5, 5.41) is 3.49. The Bertz CT molecular complexity index is 360. The molecule has 1 N–H and O–H groups in total. The van der Waals surface area contributed by atoms with E-state index in [0.717, 1.165) is 12.3 Å². The van der Waals surface area contributed by atoms with Gasteiger partial charge in [-0.15, -0.1) is 11.8 Å². The molecule has 0 aliphatic rings. The third kappa shape index (κ3) is 6.54. The molecule has 0 aromatic heterocycles. The minimum atomic E-state index is 0.174. The molecule has 0 heterocycles. The molecule has 94 valence electrons. The maximum Gasteiger partial charge on any atom is 0.0210 e. The molecule has 0 amide bonds. The van der Waals surface area contributed by atoms with Crippen molar-refractivity contribution in [3.8, 4) is 0 Å². The summed E-state index contributed by atoms with van der Waals surface area (Å²) in [6, 6.07) is 8.76. The van der Waals surface area contributed by atoms with Crippen LogP contribution >= 0.6 is 11.8 Å². The van der Waals surface area contributed by atoms with Gasteiger partial charge in [-0.25, -0.2) is 0 Å². The van der Waals surface area contributed by atoms with E-state index in [4.69, 9.17) is 0 Å². The summed E-state index contributed by atoms with van der Waals surface area (Å²) in [7, 11) is 0. The van der Waals surface area contributed by atoms with Crippen molar-refractivity contribution >= 4 is 11.8 Å². The normalized spacial score (nSPS) is 11.5. The van der Waals surface area contributed by atoms with E-state index in [0.29, 0.717) is 0 Å². The van der Waals surface area contributed by atoms with Gasteiger partial charge in [-0.05, 0) is 45.4 Å². The van der Waals surface area contributed by atoms with Crippen LogP contribution in [0.15, 0.2) is 41.3 Å². The van der Waals surface area contributed by atoms with Crippen LogP contribution in [-0.4, -0.2) is 11.3 Å². The number of rotatable bonds is 5. The summed E-state index contributed by atoms with van der Waals surface area (Å²) in [5.74, 6) is 1.000. The van der Waals surface area contributed by atoms with Crippen LogP contribution in [0.3, 0.4) is 0 Å². The van der Waals surface area contributed by atoms with E-state index in [1.807, 2.05) is 11.8 Å². The fourth-order valence-corrected chi connectivity index (χ4v) is 2.02. The second-order valence-corrected chi connectivity index (χ2v) is 6.54. The molecule has 0 spiro atoms. The first-order valence-corrected chi connectivity index (χ1v) is 6.96. The van der Waals surface area contributed by atoms with Crippen LogP contribution in [0.5, 0.6) is 0 Å². The zero-order valence-electron chi connectivity index (χ0n) is 11.3. The Hall–Kier alpha value is -0.730. The van der Waals surface area contributed by atoms with Gasteiger partial charge in [0.2, 0.25) is 0 Å². The Morgan fingerprint density at radius 3 is 2.29 bits per heavy atom. The summed E-state index contributed by atoms with van der Waals surface area (Å²) >= 11 is 1.84. The molecule has 17 heavy (non-hydrogen) atoms. The summed E-state index contributed by atoms with van der Waals surface area (Å²) in [6.07, 6.45) is 0. The number of nitrogens with one attached hydrogen (secondary N) is 1. The number of hydrogen-bond acceptors (Lipinski definition) is 2. The van der Waals surface area contributed by atoms with E-state index >= 15 is 0 Å². The molecule has 2 heteroatoms.